The molecular formula is C27H26N2O7S2. The van der Waals surface area contributed by atoms with E-state index in [9.17, 15) is 26.4 Å². The topological polar surface area (TPSA) is 118 Å². The molecule has 0 atom stereocenters. The maximum Gasteiger partial charge on any atom is 0.356 e. The van der Waals surface area contributed by atoms with Gasteiger partial charge in [0.05, 0.1) is 22.5 Å². The van der Waals surface area contributed by atoms with Crippen LogP contribution in [0.5, 0.6) is 0 Å². The van der Waals surface area contributed by atoms with Gasteiger partial charge in [0, 0.05) is 12.8 Å². The van der Waals surface area contributed by atoms with Crippen LogP contribution in [0.2, 0.25) is 0 Å². The molecule has 0 radical (unpaired) electrons. The normalized spacial score (nSPS) is 21.7. The van der Waals surface area contributed by atoms with Gasteiger partial charge in [0.15, 0.2) is 0 Å². The molecule has 1 aliphatic heterocycles. The van der Waals surface area contributed by atoms with Crippen molar-refractivity contribution < 1.29 is 31.2 Å². The number of carbonyl (C=O) groups excluding carboxylic acids is 2. The lowest BCUT2D eigenvalue weighted by atomic mass is 9.74. The summed E-state index contributed by atoms with van der Waals surface area (Å²) in [6, 6.07) is 19.3. The third kappa shape index (κ3) is 4.20. The average Bonchev–Trinajstić information content (AvgIpc) is 3.10. The van der Waals surface area contributed by atoms with Gasteiger partial charge < -0.3 is 4.74 Å². The number of hydrogen-bond acceptors (Lipinski definition) is 7. The van der Waals surface area contributed by atoms with E-state index in [1.54, 1.807) is 26.0 Å². The second-order valence-electron chi connectivity index (χ2n) is 9.61. The number of hydrogen-bond donors (Lipinski definition) is 0. The molecule has 11 heteroatoms. The fraction of sp³-hybridized carbons (Fsp3) is 0.259. The third-order valence-corrected chi connectivity index (χ3v) is 10.4. The molecule has 1 aliphatic carbocycles. The lowest BCUT2D eigenvalue weighted by molar-refractivity contribution is -0.143. The van der Waals surface area contributed by atoms with Crippen LogP contribution >= 0.6 is 0 Å². The van der Waals surface area contributed by atoms with E-state index in [0.29, 0.717) is 4.31 Å². The molecule has 1 heterocycles. The minimum absolute atomic E-state index is 0.0941. The summed E-state index contributed by atoms with van der Waals surface area (Å²) in [6.07, 6.45) is -0.866. The van der Waals surface area contributed by atoms with Crippen LogP contribution in [0.4, 0.5) is 4.79 Å². The molecule has 9 nitrogen and oxygen atoms in total. The fourth-order valence-electron chi connectivity index (χ4n) is 4.74. The molecule has 3 amide bonds. The van der Waals surface area contributed by atoms with Crippen molar-refractivity contribution >= 4 is 32.0 Å². The van der Waals surface area contributed by atoms with Gasteiger partial charge in [0.1, 0.15) is 5.54 Å². The molecule has 3 aromatic carbocycles. The van der Waals surface area contributed by atoms with Crippen molar-refractivity contribution in [2.75, 3.05) is 0 Å². The Morgan fingerprint density at radius 1 is 0.763 bits per heavy atom. The van der Waals surface area contributed by atoms with E-state index in [-0.39, 0.29) is 33.5 Å². The Kier molecular flexibility index (Phi) is 6.41. The monoisotopic (exact) mass is 554 g/mol. The van der Waals surface area contributed by atoms with Crippen LogP contribution in [-0.4, -0.2) is 49.0 Å². The van der Waals surface area contributed by atoms with Crippen molar-refractivity contribution in [1.82, 2.24) is 8.61 Å². The highest BCUT2D eigenvalue weighted by Gasteiger charge is 2.70. The Labute approximate surface area is 221 Å². The minimum Gasteiger partial charge on any atom is -0.373 e. The Morgan fingerprint density at radius 3 is 1.79 bits per heavy atom. The summed E-state index contributed by atoms with van der Waals surface area (Å²) in [5.74, 6) is -1.10. The zero-order valence-corrected chi connectivity index (χ0v) is 22.4. The van der Waals surface area contributed by atoms with Crippen molar-refractivity contribution in [3.8, 4) is 0 Å². The van der Waals surface area contributed by atoms with E-state index in [1.807, 2.05) is 30.3 Å². The fourth-order valence-corrected chi connectivity index (χ4v) is 7.83. The van der Waals surface area contributed by atoms with Crippen LogP contribution in [0.3, 0.4) is 0 Å². The summed E-state index contributed by atoms with van der Waals surface area (Å²) in [7, 11) is -9.25. The largest absolute Gasteiger partial charge is 0.373 e. The van der Waals surface area contributed by atoms with Gasteiger partial charge in [-0.2, -0.15) is 4.31 Å². The second kappa shape index (κ2) is 9.33. The van der Waals surface area contributed by atoms with Gasteiger partial charge in [-0.05, 0) is 43.7 Å². The van der Waals surface area contributed by atoms with Crippen LogP contribution < -0.4 is 0 Å². The first-order valence-electron chi connectivity index (χ1n) is 11.9. The van der Waals surface area contributed by atoms with Crippen molar-refractivity contribution in [3.63, 3.8) is 0 Å². The molecule has 5 rings (SSSR count). The van der Waals surface area contributed by atoms with Crippen LogP contribution in [0, 0.1) is 13.8 Å². The van der Waals surface area contributed by atoms with Crippen LogP contribution in [0.15, 0.2) is 88.7 Å². The first kappa shape index (κ1) is 26.1. The molecule has 1 saturated heterocycles. The summed E-state index contributed by atoms with van der Waals surface area (Å²) >= 11 is 0. The van der Waals surface area contributed by atoms with Crippen LogP contribution in [0.1, 0.15) is 29.5 Å². The van der Waals surface area contributed by atoms with Crippen molar-refractivity contribution in [2.45, 2.75) is 54.7 Å². The first-order chi connectivity index (χ1) is 18.0. The number of rotatable bonds is 7. The third-order valence-electron chi connectivity index (χ3n) is 6.90. The lowest BCUT2D eigenvalue weighted by Crippen LogP contribution is -2.62. The van der Waals surface area contributed by atoms with E-state index >= 15 is 0 Å². The number of aryl methyl sites for hydroxylation is 2. The van der Waals surface area contributed by atoms with Gasteiger partial charge in [-0.1, -0.05) is 65.7 Å². The molecule has 0 aromatic heterocycles. The van der Waals surface area contributed by atoms with Gasteiger partial charge in [0.25, 0.3) is 26.0 Å². The van der Waals surface area contributed by atoms with E-state index < -0.39 is 43.6 Å². The number of imide groups is 1. The number of carbonyl (C=O) groups is 2. The van der Waals surface area contributed by atoms with E-state index in [2.05, 4.69) is 0 Å². The number of ether oxygens (including phenoxy) is 1. The zero-order valence-electron chi connectivity index (χ0n) is 20.8. The number of benzene rings is 3. The summed E-state index contributed by atoms with van der Waals surface area (Å²) in [4.78, 5) is 26.8. The molecule has 198 valence electrons. The van der Waals surface area contributed by atoms with Crippen molar-refractivity contribution in [3.05, 3.63) is 95.6 Å². The number of urea groups is 1. The Morgan fingerprint density at radius 2 is 1.26 bits per heavy atom. The molecule has 0 bridgehead atoms. The Bertz CT molecular complexity index is 1600. The molecule has 0 unspecified atom stereocenters. The average molecular weight is 555 g/mol. The van der Waals surface area contributed by atoms with Gasteiger partial charge >= 0.3 is 6.03 Å². The molecule has 0 N–H and O–H groups in total. The van der Waals surface area contributed by atoms with Crippen molar-refractivity contribution in [2.24, 2.45) is 0 Å². The summed E-state index contributed by atoms with van der Waals surface area (Å²) < 4.78 is 60.8. The zero-order chi connectivity index (χ0) is 27.3. The number of amides is 3. The summed E-state index contributed by atoms with van der Waals surface area (Å²) in [5.41, 5.74) is 0.555. The van der Waals surface area contributed by atoms with Gasteiger partial charge in [-0.15, -0.1) is 4.31 Å². The highest BCUT2D eigenvalue weighted by atomic mass is 32.2. The first-order valence-corrected chi connectivity index (χ1v) is 14.8. The van der Waals surface area contributed by atoms with E-state index in [0.717, 1.165) is 16.7 Å². The Balaban J connectivity index is 1.52. The maximum absolute atomic E-state index is 13.7. The highest BCUT2D eigenvalue weighted by molar-refractivity contribution is 7.91. The Hall–Kier alpha value is -3.54. The summed E-state index contributed by atoms with van der Waals surface area (Å²) in [5, 5.41) is 0. The summed E-state index contributed by atoms with van der Waals surface area (Å²) in [6.45, 7) is 3.76. The van der Waals surface area contributed by atoms with Gasteiger partial charge in [-0.3, -0.25) is 4.79 Å². The number of nitrogens with zero attached hydrogens (tertiary/aromatic N) is 2. The maximum atomic E-state index is 13.7. The number of sulfonamides is 2. The predicted molar refractivity (Wildman–Crippen MR) is 138 cm³/mol. The standard InChI is InChI=1S/C27H26N2O7S2/c1-19-8-12-23(13-9-19)37(32,33)28-25(30)27(16-22(17-27)36-18-21-6-4-3-5-7-21)29(26(28)31)38(34,35)24-14-10-20(2)11-15-24/h3-15,22H,16-18H2,1-2H3/t22-,27-. The molecule has 2 aliphatic rings. The molecule has 1 saturated carbocycles. The molecule has 1 spiro atoms. The van der Waals surface area contributed by atoms with E-state index in [4.69, 9.17) is 4.74 Å². The van der Waals surface area contributed by atoms with E-state index in [1.165, 1.54) is 36.4 Å². The smallest absolute Gasteiger partial charge is 0.356 e. The lowest BCUT2D eigenvalue weighted by Gasteiger charge is -2.46. The molecule has 3 aromatic rings. The van der Waals surface area contributed by atoms with Crippen molar-refractivity contribution in [1.29, 1.82) is 0 Å². The van der Waals surface area contributed by atoms with Gasteiger partial charge in [-0.25, -0.2) is 21.6 Å². The quantitative estimate of drug-likeness (QED) is 0.408. The van der Waals surface area contributed by atoms with Gasteiger partial charge in [0.2, 0.25) is 0 Å². The molecule has 38 heavy (non-hydrogen) atoms. The second-order valence-corrected chi connectivity index (χ2v) is 13.2. The molecular weight excluding hydrogens is 528 g/mol. The predicted octanol–water partition coefficient (Wildman–Crippen LogP) is 3.76. The van der Waals surface area contributed by atoms with Crippen LogP contribution in [-0.2, 0) is 36.2 Å². The minimum atomic E-state index is -4.67. The molecule has 2 fully saturated rings. The van der Waals surface area contributed by atoms with Crippen LogP contribution in [0.25, 0.3) is 0 Å². The highest BCUT2D eigenvalue weighted by Crippen LogP contribution is 2.49. The SMILES string of the molecule is Cc1ccc(S(=O)(=O)N2C(=O)N(S(=O)(=O)c3ccc(C)cc3)[C@]3(C[C@H](OCc4ccccc4)C3)C2=O)cc1.